The molecule has 8 heteroatoms. The summed E-state index contributed by atoms with van der Waals surface area (Å²) in [7, 11) is 0. The molecule has 0 radical (unpaired) electrons. The van der Waals surface area contributed by atoms with Crippen molar-refractivity contribution < 1.29 is 13.2 Å². The number of aromatic nitrogens is 3. The van der Waals surface area contributed by atoms with E-state index in [1.54, 1.807) is 23.5 Å². The van der Waals surface area contributed by atoms with Gasteiger partial charge in [-0.05, 0) is 30.7 Å². The van der Waals surface area contributed by atoms with Crippen molar-refractivity contribution in [2.45, 2.75) is 26.2 Å². The molecule has 3 rings (SSSR count). The topological polar surface area (TPSA) is 42.7 Å². The summed E-state index contributed by atoms with van der Waals surface area (Å²) in [6.07, 6.45) is -1.27. The fourth-order valence-corrected chi connectivity index (χ4v) is 2.97. The SMILES string of the molecule is Cc1ncc(CNCc2ccc(-n3ccc(C(F)(F)F)n3)cc2)s1. The number of nitrogens with zero attached hydrogens (tertiary/aromatic N) is 3. The molecule has 0 aliphatic rings. The maximum absolute atomic E-state index is 12.6. The number of benzene rings is 1. The van der Waals surface area contributed by atoms with E-state index in [9.17, 15) is 13.2 Å². The highest BCUT2D eigenvalue weighted by Gasteiger charge is 2.33. The van der Waals surface area contributed by atoms with Gasteiger partial charge < -0.3 is 5.32 Å². The highest BCUT2D eigenvalue weighted by Crippen LogP contribution is 2.27. The van der Waals surface area contributed by atoms with Gasteiger partial charge in [-0.1, -0.05) is 12.1 Å². The Labute approximate surface area is 141 Å². The third kappa shape index (κ3) is 4.01. The Hall–Kier alpha value is -2.19. The molecule has 126 valence electrons. The first-order valence-corrected chi connectivity index (χ1v) is 8.08. The number of hydrogen-bond acceptors (Lipinski definition) is 4. The molecule has 0 saturated heterocycles. The van der Waals surface area contributed by atoms with Gasteiger partial charge >= 0.3 is 6.18 Å². The first kappa shape index (κ1) is 16.7. The zero-order valence-corrected chi connectivity index (χ0v) is 13.7. The van der Waals surface area contributed by atoms with Crippen LogP contribution < -0.4 is 5.32 Å². The summed E-state index contributed by atoms with van der Waals surface area (Å²) in [4.78, 5) is 5.36. The lowest BCUT2D eigenvalue weighted by molar-refractivity contribution is -0.141. The first-order valence-electron chi connectivity index (χ1n) is 7.26. The maximum Gasteiger partial charge on any atom is 0.435 e. The fraction of sp³-hybridized carbons (Fsp3) is 0.250. The molecule has 2 aromatic heterocycles. The van der Waals surface area contributed by atoms with E-state index in [2.05, 4.69) is 15.4 Å². The average Bonchev–Trinajstić information content (AvgIpc) is 3.17. The van der Waals surface area contributed by atoms with Gasteiger partial charge in [0.15, 0.2) is 5.69 Å². The van der Waals surface area contributed by atoms with Crippen LogP contribution >= 0.6 is 11.3 Å². The van der Waals surface area contributed by atoms with Crippen molar-refractivity contribution in [3.05, 3.63) is 63.9 Å². The standard InChI is InChI=1S/C16H15F3N4S/c1-11-21-10-14(24-11)9-20-8-12-2-4-13(5-3-12)23-7-6-15(22-23)16(17,18)19/h2-7,10,20H,8-9H2,1H3. The van der Waals surface area contributed by atoms with Crippen LogP contribution in [0.5, 0.6) is 0 Å². The largest absolute Gasteiger partial charge is 0.435 e. The van der Waals surface area contributed by atoms with Gasteiger partial charge in [-0.25, -0.2) is 9.67 Å². The zero-order chi connectivity index (χ0) is 17.2. The molecule has 0 aliphatic heterocycles. The number of alkyl halides is 3. The molecule has 4 nitrogen and oxygen atoms in total. The quantitative estimate of drug-likeness (QED) is 0.756. The number of halogens is 3. The van der Waals surface area contributed by atoms with Gasteiger partial charge in [0.05, 0.1) is 10.7 Å². The number of aryl methyl sites for hydroxylation is 1. The van der Waals surface area contributed by atoms with E-state index in [-0.39, 0.29) is 0 Å². The lowest BCUT2D eigenvalue weighted by atomic mass is 10.2. The van der Waals surface area contributed by atoms with Crippen LogP contribution in [0, 0.1) is 6.92 Å². The molecule has 0 fully saturated rings. The Morgan fingerprint density at radius 1 is 1.12 bits per heavy atom. The molecule has 0 amide bonds. The normalized spacial score (nSPS) is 11.8. The Morgan fingerprint density at radius 3 is 2.46 bits per heavy atom. The Balaban J connectivity index is 1.60. The van der Waals surface area contributed by atoms with E-state index in [1.807, 2.05) is 25.3 Å². The molecular formula is C16H15F3N4S. The second-order valence-corrected chi connectivity index (χ2v) is 6.58. The van der Waals surface area contributed by atoms with Crippen LogP contribution in [-0.4, -0.2) is 14.8 Å². The van der Waals surface area contributed by atoms with E-state index in [0.717, 1.165) is 23.2 Å². The minimum absolute atomic E-state index is 0.590. The molecule has 0 aliphatic carbocycles. The summed E-state index contributed by atoms with van der Waals surface area (Å²) >= 11 is 1.65. The van der Waals surface area contributed by atoms with E-state index in [0.29, 0.717) is 12.2 Å². The van der Waals surface area contributed by atoms with E-state index >= 15 is 0 Å². The number of thiazole rings is 1. The smallest absolute Gasteiger partial charge is 0.308 e. The summed E-state index contributed by atoms with van der Waals surface area (Å²) in [5, 5.41) is 7.91. The van der Waals surface area contributed by atoms with Crippen LogP contribution in [-0.2, 0) is 19.3 Å². The van der Waals surface area contributed by atoms with Crippen molar-refractivity contribution in [3.63, 3.8) is 0 Å². The summed E-state index contributed by atoms with van der Waals surface area (Å²) in [5.74, 6) is 0. The number of hydrogen-bond donors (Lipinski definition) is 1. The van der Waals surface area contributed by atoms with Crippen LogP contribution in [0.1, 0.15) is 21.1 Å². The Bertz CT molecular complexity index is 805. The summed E-state index contributed by atoms with van der Waals surface area (Å²) in [6, 6.07) is 8.21. The monoisotopic (exact) mass is 352 g/mol. The van der Waals surface area contributed by atoms with Crippen molar-refractivity contribution in [3.8, 4) is 5.69 Å². The predicted molar refractivity (Wildman–Crippen MR) is 86.0 cm³/mol. The molecule has 1 aromatic carbocycles. The summed E-state index contributed by atoms with van der Waals surface area (Å²) < 4.78 is 38.9. The average molecular weight is 352 g/mol. The predicted octanol–water partition coefficient (Wildman–Crippen LogP) is 3.95. The van der Waals surface area contributed by atoms with Gasteiger partial charge in [0.2, 0.25) is 0 Å². The zero-order valence-electron chi connectivity index (χ0n) is 12.8. The highest BCUT2D eigenvalue weighted by molar-refractivity contribution is 7.11. The van der Waals surface area contributed by atoms with Gasteiger partial charge in [-0.2, -0.15) is 18.3 Å². The highest BCUT2D eigenvalue weighted by atomic mass is 32.1. The maximum atomic E-state index is 12.6. The number of rotatable bonds is 5. The van der Waals surface area contributed by atoms with Crippen molar-refractivity contribution in [1.82, 2.24) is 20.1 Å². The molecule has 0 bridgehead atoms. The van der Waals surface area contributed by atoms with E-state index in [1.165, 1.54) is 15.8 Å². The summed E-state index contributed by atoms with van der Waals surface area (Å²) in [6.45, 7) is 3.37. The molecular weight excluding hydrogens is 337 g/mol. The van der Waals surface area contributed by atoms with Gasteiger partial charge in [-0.15, -0.1) is 11.3 Å². The fourth-order valence-electron chi connectivity index (χ4n) is 2.20. The first-order chi connectivity index (χ1) is 11.4. The molecule has 24 heavy (non-hydrogen) atoms. The number of nitrogens with one attached hydrogen (secondary N) is 1. The van der Waals surface area contributed by atoms with E-state index < -0.39 is 11.9 Å². The molecule has 2 heterocycles. The second kappa shape index (κ2) is 6.74. The van der Waals surface area contributed by atoms with Gasteiger partial charge in [-0.3, -0.25) is 0 Å². The minimum atomic E-state index is -4.43. The lowest BCUT2D eigenvalue weighted by Gasteiger charge is -2.06. The van der Waals surface area contributed by atoms with Gasteiger partial charge in [0, 0.05) is 30.4 Å². The van der Waals surface area contributed by atoms with Crippen molar-refractivity contribution >= 4 is 11.3 Å². The Kier molecular flexibility index (Phi) is 4.68. The van der Waals surface area contributed by atoms with Crippen LogP contribution in [0.3, 0.4) is 0 Å². The van der Waals surface area contributed by atoms with Crippen LogP contribution in [0.25, 0.3) is 5.69 Å². The molecule has 0 atom stereocenters. The van der Waals surface area contributed by atoms with Gasteiger partial charge in [0.1, 0.15) is 0 Å². The summed E-state index contributed by atoms with van der Waals surface area (Å²) in [5.41, 5.74) is 0.739. The molecule has 0 unspecified atom stereocenters. The van der Waals surface area contributed by atoms with Crippen molar-refractivity contribution in [2.24, 2.45) is 0 Å². The van der Waals surface area contributed by atoms with Crippen molar-refractivity contribution in [1.29, 1.82) is 0 Å². The van der Waals surface area contributed by atoms with E-state index in [4.69, 9.17) is 0 Å². The molecule has 1 N–H and O–H groups in total. The molecule has 0 saturated carbocycles. The van der Waals surface area contributed by atoms with Gasteiger partial charge in [0.25, 0.3) is 0 Å². The van der Waals surface area contributed by atoms with Crippen LogP contribution in [0.15, 0.2) is 42.7 Å². The van der Waals surface area contributed by atoms with Crippen LogP contribution in [0.4, 0.5) is 13.2 Å². The Morgan fingerprint density at radius 2 is 1.88 bits per heavy atom. The van der Waals surface area contributed by atoms with Crippen LogP contribution in [0.2, 0.25) is 0 Å². The second-order valence-electron chi connectivity index (χ2n) is 5.26. The molecule has 3 aromatic rings. The lowest BCUT2D eigenvalue weighted by Crippen LogP contribution is -2.11. The van der Waals surface area contributed by atoms with Crippen molar-refractivity contribution in [2.75, 3.05) is 0 Å². The minimum Gasteiger partial charge on any atom is -0.308 e. The third-order valence-corrected chi connectivity index (χ3v) is 4.29. The molecule has 0 spiro atoms. The third-order valence-electron chi connectivity index (χ3n) is 3.38.